The Morgan fingerprint density at radius 1 is 1.33 bits per heavy atom. The highest BCUT2D eigenvalue weighted by molar-refractivity contribution is 7.90. The van der Waals surface area contributed by atoms with Gasteiger partial charge < -0.3 is 4.74 Å². The number of hydrogen-bond acceptors (Lipinski definition) is 5. The third kappa shape index (κ3) is 3.47. The molecule has 1 saturated heterocycles. The van der Waals surface area contributed by atoms with Gasteiger partial charge in [0, 0.05) is 18.4 Å². The van der Waals surface area contributed by atoms with Crippen LogP contribution in [0.2, 0.25) is 0 Å². The lowest BCUT2D eigenvalue weighted by Crippen LogP contribution is -2.34. The first-order valence-corrected chi connectivity index (χ1v) is 9.99. The topological polar surface area (TPSA) is 75.3 Å². The third-order valence-electron chi connectivity index (χ3n) is 4.54. The summed E-state index contributed by atoms with van der Waals surface area (Å²) < 4.78 is 29.5. The van der Waals surface area contributed by atoms with Crippen LogP contribution in [0.5, 0.6) is 5.75 Å². The summed E-state index contributed by atoms with van der Waals surface area (Å²) in [6.07, 6.45) is 5.75. The quantitative estimate of drug-likeness (QED) is 0.898. The number of methoxy groups -OCH3 is 1. The van der Waals surface area contributed by atoms with Crippen molar-refractivity contribution in [3.05, 3.63) is 41.7 Å². The highest BCUT2D eigenvalue weighted by Gasteiger charge is 2.30. The van der Waals surface area contributed by atoms with Crippen molar-refractivity contribution in [3.63, 3.8) is 0 Å². The molecule has 3 rings (SSSR count). The molecule has 0 saturated carbocycles. The molecule has 24 heavy (non-hydrogen) atoms. The maximum atomic E-state index is 12.0. The van der Waals surface area contributed by atoms with Gasteiger partial charge in [0.1, 0.15) is 10.6 Å². The van der Waals surface area contributed by atoms with Gasteiger partial charge in [-0.2, -0.15) is 5.10 Å². The lowest BCUT2D eigenvalue weighted by Gasteiger charge is -2.35. The van der Waals surface area contributed by atoms with Crippen molar-refractivity contribution >= 4 is 9.84 Å². The Kier molecular flexibility index (Phi) is 4.91. The van der Waals surface area contributed by atoms with Gasteiger partial charge in [0.05, 0.1) is 25.0 Å². The Balaban J connectivity index is 1.91. The lowest BCUT2D eigenvalue weighted by atomic mass is 9.98. The zero-order chi connectivity index (χ0) is 17.2. The van der Waals surface area contributed by atoms with Crippen molar-refractivity contribution in [1.82, 2.24) is 15.1 Å². The van der Waals surface area contributed by atoms with Crippen LogP contribution >= 0.6 is 0 Å². The number of rotatable bonds is 5. The summed E-state index contributed by atoms with van der Waals surface area (Å²) in [5, 5.41) is 6.91. The monoisotopic (exact) mass is 349 g/mol. The van der Waals surface area contributed by atoms with Gasteiger partial charge >= 0.3 is 0 Å². The van der Waals surface area contributed by atoms with E-state index in [1.54, 1.807) is 7.11 Å². The molecule has 0 spiro atoms. The molecule has 1 aliphatic heterocycles. The van der Waals surface area contributed by atoms with E-state index in [0.717, 1.165) is 43.7 Å². The summed E-state index contributed by atoms with van der Waals surface area (Å²) in [5.74, 6) is 0.856. The van der Waals surface area contributed by atoms with Crippen LogP contribution in [0.4, 0.5) is 0 Å². The van der Waals surface area contributed by atoms with Crippen LogP contribution in [0.25, 0.3) is 0 Å². The third-order valence-corrected chi connectivity index (χ3v) is 5.67. The second-order valence-corrected chi connectivity index (χ2v) is 8.20. The van der Waals surface area contributed by atoms with Crippen LogP contribution in [0.3, 0.4) is 0 Å². The lowest BCUT2D eigenvalue weighted by molar-refractivity contribution is 0.134. The molecule has 0 aliphatic carbocycles. The normalized spacial score (nSPS) is 19.3. The predicted molar refractivity (Wildman–Crippen MR) is 91.7 cm³/mol. The summed E-state index contributed by atoms with van der Waals surface area (Å²) in [7, 11) is -1.62. The fraction of sp³-hybridized carbons (Fsp3) is 0.471. The van der Waals surface area contributed by atoms with Crippen molar-refractivity contribution < 1.29 is 13.2 Å². The Labute approximate surface area is 142 Å². The van der Waals surface area contributed by atoms with Crippen LogP contribution in [0.1, 0.15) is 36.6 Å². The van der Waals surface area contributed by atoms with E-state index in [4.69, 9.17) is 4.74 Å². The summed E-state index contributed by atoms with van der Waals surface area (Å²) in [5.41, 5.74) is 1.81. The molecule has 0 amide bonds. The highest BCUT2D eigenvalue weighted by atomic mass is 32.2. The summed E-state index contributed by atoms with van der Waals surface area (Å²) in [4.78, 5) is 2.61. The summed E-state index contributed by atoms with van der Waals surface area (Å²) in [6.45, 7) is 1.64. The van der Waals surface area contributed by atoms with Gasteiger partial charge in [-0.3, -0.25) is 10.00 Å². The smallest absolute Gasteiger partial charge is 0.178 e. The van der Waals surface area contributed by atoms with E-state index >= 15 is 0 Å². The van der Waals surface area contributed by atoms with Crippen LogP contribution in [0.15, 0.2) is 35.4 Å². The number of likely N-dealkylation sites (tertiary alicyclic amines) is 1. The molecule has 7 heteroatoms. The first-order chi connectivity index (χ1) is 11.5. The summed E-state index contributed by atoms with van der Waals surface area (Å²) >= 11 is 0. The van der Waals surface area contributed by atoms with E-state index in [-0.39, 0.29) is 6.04 Å². The zero-order valence-corrected chi connectivity index (χ0v) is 14.8. The minimum absolute atomic E-state index is 0.0240. The number of nitrogens with zero attached hydrogens (tertiary/aromatic N) is 2. The number of piperidine rings is 1. The molecule has 1 aromatic heterocycles. The molecule has 2 aromatic rings. The van der Waals surface area contributed by atoms with Gasteiger partial charge in [0.2, 0.25) is 0 Å². The number of aromatic nitrogens is 2. The fourth-order valence-corrected chi connectivity index (χ4v) is 4.20. The zero-order valence-electron chi connectivity index (χ0n) is 14.0. The second-order valence-electron chi connectivity index (χ2n) is 6.21. The number of ether oxygens (including phenoxy) is 1. The van der Waals surface area contributed by atoms with Crippen molar-refractivity contribution in [2.75, 3.05) is 19.9 Å². The highest BCUT2D eigenvalue weighted by Crippen LogP contribution is 2.35. The molecule has 0 radical (unpaired) electrons. The molecule has 1 fully saturated rings. The molecule has 1 unspecified atom stereocenters. The molecule has 1 N–H and O–H groups in total. The average Bonchev–Trinajstić information content (AvgIpc) is 3.06. The predicted octanol–water partition coefficient (Wildman–Crippen LogP) is 2.55. The van der Waals surface area contributed by atoms with Crippen molar-refractivity contribution in [2.24, 2.45) is 0 Å². The van der Waals surface area contributed by atoms with Gasteiger partial charge in [0.25, 0.3) is 0 Å². The first kappa shape index (κ1) is 17.0. The van der Waals surface area contributed by atoms with E-state index in [1.165, 1.54) is 12.5 Å². The van der Waals surface area contributed by atoms with Crippen LogP contribution in [-0.4, -0.2) is 43.4 Å². The molecule has 1 aromatic carbocycles. The Hall–Kier alpha value is -1.86. The van der Waals surface area contributed by atoms with Crippen LogP contribution in [-0.2, 0) is 16.4 Å². The molecule has 1 atom stereocenters. The number of nitrogens with one attached hydrogen (secondary N) is 1. The average molecular weight is 349 g/mol. The van der Waals surface area contributed by atoms with E-state index < -0.39 is 9.84 Å². The van der Waals surface area contributed by atoms with Crippen LogP contribution < -0.4 is 4.74 Å². The number of benzene rings is 1. The molecule has 1 aliphatic rings. The Morgan fingerprint density at radius 3 is 2.88 bits per heavy atom. The van der Waals surface area contributed by atoms with Gasteiger partial charge in [-0.15, -0.1) is 0 Å². The maximum Gasteiger partial charge on any atom is 0.178 e. The van der Waals surface area contributed by atoms with E-state index in [0.29, 0.717) is 10.6 Å². The number of aromatic amines is 1. The molecular weight excluding hydrogens is 326 g/mol. The van der Waals surface area contributed by atoms with E-state index in [9.17, 15) is 8.42 Å². The Morgan fingerprint density at radius 2 is 2.12 bits per heavy atom. The van der Waals surface area contributed by atoms with Crippen LogP contribution in [0, 0.1) is 0 Å². The van der Waals surface area contributed by atoms with E-state index in [1.807, 2.05) is 18.2 Å². The minimum Gasteiger partial charge on any atom is -0.496 e. The standard InChI is InChI=1S/C17H23N3O3S/c1-23-15-9-4-3-7-13(15)12-20-10-6-5-8-14(20)17-16(11-18-19-17)24(2,21)22/h3-4,7,9,11,14H,5-6,8,10,12H2,1-2H3,(H,18,19). The van der Waals surface area contributed by atoms with Gasteiger partial charge in [-0.25, -0.2) is 8.42 Å². The second kappa shape index (κ2) is 6.94. The van der Waals surface area contributed by atoms with Crippen molar-refractivity contribution in [1.29, 1.82) is 0 Å². The maximum absolute atomic E-state index is 12.0. The van der Waals surface area contributed by atoms with Crippen molar-refractivity contribution in [3.8, 4) is 5.75 Å². The van der Waals surface area contributed by atoms with E-state index in [2.05, 4.69) is 21.2 Å². The number of hydrogen-bond donors (Lipinski definition) is 1. The molecule has 2 heterocycles. The first-order valence-electron chi connectivity index (χ1n) is 8.10. The Bertz CT molecular complexity index is 801. The molecule has 0 bridgehead atoms. The molecule has 130 valence electrons. The number of para-hydroxylation sites is 1. The van der Waals surface area contributed by atoms with Crippen molar-refractivity contribution in [2.45, 2.75) is 36.7 Å². The van der Waals surface area contributed by atoms with Gasteiger partial charge in [-0.1, -0.05) is 24.6 Å². The van der Waals surface area contributed by atoms with Gasteiger partial charge in [0.15, 0.2) is 9.84 Å². The van der Waals surface area contributed by atoms with Gasteiger partial charge in [-0.05, 0) is 25.5 Å². The number of H-pyrrole nitrogens is 1. The molecular formula is C17H23N3O3S. The summed E-state index contributed by atoms with van der Waals surface area (Å²) in [6, 6.07) is 7.97. The minimum atomic E-state index is -3.29. The SMILES string of the molecule is COc1ccccc1CN1CCCCC1c1[nH]ncc1S(C)(=O)=O. The largest absolute Gasteiger partial charge is 0.496 e. The fourth-order valence-electron chi connectivity index (χ4n) is 3.38. The number of sulfone groups is 1. The molecule has 6 nitrogen and oxygen atoms in total.